The van der Waals surface area contributed by atoms with Gasteiger partial charge in [0.1, 0.15) is 0 Å². The number of nitrogens with zero attached hydrogens (tertiary/aromatic N) is 1. The predicted octanol–water partition coefficient (Wildman–Crippen LogP) is -1.22. The van der Waals surface area contributed by atoms with Crippen LogP contribution >= 0.6 is 0 Å². The van der Waals surface area contributed by atoms with E-state index in [2.05, 4.69) is 0 Å². The lowest BCUT2D eigenvalue weighted by Gasteiger charge is -1.76. The van der Waals surface area contributed by atoms with Crippen LogP contribution in [-0.2, 0) is 9.59 Å². The number of hydrogen-bond donors (Lipinski definition) is 1. The molecule has 7 heavy (non-hydrogen) atoms. The molecule has 1 N–H and O–H groups in total. The summed E-state index contributed by atoms with van der Waals surface area (Å²) >= 11 is 0. The Balaban J connectivity index is 3.43. The second-order valence-electron chi connectivity index (χ2n) is 0.703. The molecule has 0 aliphatic rings. The van der Waals surface area contributed by atoms with Crippen LogP contribution in [0.15, 0.2) is 0 Å². The topological polar surface area (TPSA) is 70.0 Å². The van der Waals surface area contributed by atoms with Gasteiger partial charge in [-0.2, -0.15) is 5.26 Å². The quantitative estimate of drug-likeness (QED) is 0.330. The third-order valence-electron chi connectivity index (χ3n) is 0.292. The Morgan fingerprint density at radius 3 is 2.57 bits per heavy atom. The minimum Gasteiger partial charge on any atom is -0.286 e. The van der Waals surface area contributed by atoms with Gasteiger partial charge in [0.2, 0.25) is 6.41 Å². The molecule has 2 amide bonds. The van der Waals surface area contributed by atoms with E-state index in [9.17, 15) is 9.59 Å². The molecule has 4 nitrogen and oxygen atoms in total. The number of nitriles is 1. The normalized spacial score (nSPS) is 6.14. The van der Waals surface area contributed by atoms with Crippen LogP contribution in [0.5, 0.6) is 0 Å². The van der Waals surface area contributed by atoms with E-state index in [4.69, 9.17) is 5.26 Å². The predicted molar refractivity (Wildman–Crippen MR) is 19.8 cm³/mol. The molecule has 0 spiro atoms. The smallest absolute Gasteiger partial charge is 0.286 e. The van der Waals surface area contributed by atoms with Gasteiger partial charge in [0.05, 0.1) is 0 Å². The van der Waals surface area contributed by atoms with Crippen LogP contribution in [0.1, 0.15) is 0 Å². The summed E-state index contributed by atoms with van der Waals surface area (Å²) in [6.07, 6.45) is 0.158. The van der Waals surface area contributed by atoms with Crippen molar-refractivity contribution in [1.82, 2.24) is 5.32 Å². The fourth-order valence-electron chi connectivity index (χ4n) is 0.0858. The molecule has 0 aliphatic heterocycles. The van der Waals surface area contributed by atoms with Crippen LogP contribution in [0.25, 0.3) is 0 Å². The first kappa shape index (κ1) is 5.63. The van der Waals surface area contributed by atoms with E-state index in [1.807, 2.05) is 0 Å². The third kappa shape index (κ3) is 2.43. The Morgan fingerprint density at radius 2 is 2.43 bits per heavy atom. The Labute approximate surface area is 39.7 Å². The van der Waals surface area contributed by atoms with Gasteiger partial charge in [0, 0.05) is 0 Å². The molecule has 0 saturated carbocycles. The Hall–Kier alpha value is -1.37. The molecule has 0 unspecified atom stereocenters. The van der Waals surface area contributed by atoms with Gasteiger partial charge in [-0.1, -0.05) is 0 Å². The molecule has 0 rings (SSSR count). The van der Waals surface area contributed by atoms with E-state index in [0.717, 1.165) is 0 Å². The zero-order chi connectivity index (χ0) is 5.70. The van der Waals surface area contributed by atoms with Gasteiger partial charge in [-0.25, -0.2) is 0 Å². The van der Waals surface area contributed by atoms with Crippen LogP contribution in [-0.4, -0.2) is 12.3 Å². The molecule has 0 saturated heterocycles. The van der Waals surface area contributed by atoms with Crippen molar-refractivity contribution in [3.05, 3.63) is 0 Å². The lowest BCUT2D eigenvalue weighted by Crippen LogP contribution is -2.18. The highest BCUT2D eigenvalue weighted by molar-refractivity contribution is 5.97. The van der Waals surface area contributed by atoms with Crippen molar-refractivity contribution in [2.45, 2.75) is 0 Å². The number of carbonyl (C=O) groups is 2. The number of hydrogen-bond acceptors (Lipinski definition) is 3. The summed E-state index contributed by atoms with van der Waals surface area (Å²) in [7, 11) is 0. The molecule has 0 fully saturated rings. The third-order valence-corrected chi connectivity index (χ3v) is 0.292. The summed E-state index contributed by atoms with van der Waals surface area (Å²) in [5.41, 5.74) is 0. The largest absolute Gasteiger partial charge is 0.328 e. The van der Waals surface area contributed by atoms with Crippen molar-refractivity contribution in [3.8, 4) is 6.07 Å². The van der Waals surface area contributed by atoms with Crippen LogP contribution in [0.3, 0.4) is 0 Å². The Kier molecular flexibility index (Phi) is 2.29. The SMILES string of the molecule is N#CC(=O)NC=O. The highest BCUT2D eigenvalue weighted by Gasteiger charge is 1.88. The maximum atomic E-state index is 9.71. The van der Waals surface area contributed by atoms with Gasteiger partial charge in [0.15, 0.2) is 6.07 Å². The van der Waals surface area contributed by atoms with Gasteiger partial charge in [-0.05, 0) is 0 Å². The van der Waals surface area contributed by atoms with Gasteiger partial charge in [-0.3, -0.25) is 14.9 Å². The van der Waals surface area contributed by atoms with E-state index in [-0.39, 0.29) is 6.41 Å². The van der Waals surface area contributed by atoms with Crippen LogP contribution in [0, 0.1) is 11.3 Å². The van der Waals surface area contributed by atoms with Gasteiger partial charge >= 0.3 is 5.91 Å². The average Bonchev–Trinajstić information content (AvgIpc) is 1.68. The standard InChI is InChI=1S/C3H2N2O2/c4-1-3(7)5-2-6/h2H,(H,5,6,7). The number of amides is 2. The summed E-state index contributed by atoms with van der Waals surface area (Å²) in [4.78, 5) is 19.0. The second-order valence-corrected chi connectivity index (χ2v) is 0.703. The highest BCUT2D eigenvalue weighted by Crippen LogP contribution is 1.49. The highest BCUT2D eigenvalue weighted by atomic mass is 16.2. The van der Waals surface area contributed by atoms with E-state index >= 15 is 0 Å². The minimum atomic E-state index is -0.935. The molecule has 0 heterocycles. The van der Waals surface area contributed by atoms with E-state index in [0.29, 0.717) is 0 Å². The maximum absolute atomic E-state index is 9.71. The molecular weight excluding hydrogens is 96.0 g/mol. The zero-order valence-corrected chi connectivity index (χ0v) is 3.34. The lowest BCUT2D eigenvalue weighted by atomic mass is 10.7. The first-order chi connectivity index (χ1) is 3.31. The molecule has 4 heteroatoms. The van der Waals surface area contributed by atoms with Crippen molar-refractivity contribution in [2.24, 2.45) is 0 Å². The molecule has 0 bridgehead atoms. The van der Waals surface area contributed by atoms with E-state index < -0.39 is 5.91 Å². The van der Waals surface area contributed by atoms with Crippen molar-refractivity contribution >= 4 is 12.3 Å². The van der Waals surface area contributed by atoms with Crippen molar-refractivity contribution in [1.29, 1.82) is 5.26 Å². The summed E-state index contributed by atoms with van der Waals surface area (Å²) in [5, 5.41) is 9.26. The van der Waals surface area contributed by atoms with Crippen molar-refractivity contribution in [2.75, 3.05) is 0 Å². The number of imide groups is 1. The molecule has 0 aromatic rings. The van der Waals surface area contributed by atoms with Crippen molar-refractivity contribution in [3.63, 3.8) is 0 Å². The van der Waals surface area contributed by atoms with Crippen LogP contribution in [0.4, 0.5) is 0 Å². The van der Waals surface area contributed by atoms with Gasteiger partial charge < -0.3 is 0 Å². The fourth-order valence-corrected chi connectivity index (χ4v) is 0.0858. The molecule has 0 aromatic heterocycles. The molecule has 0 aromatic carbocycles. The first-order valence-electron chi connectivity index (χ1n) is 1.45. The Bertz CT molecular complexity index is 123. The van der Waals surface area contributed by atoms with Gasteiger partial charge in [-0.15, -0.1) is 0 Å². The fraction of sp³-hybridized carbons (Fsp3) is 0. The number of carbonyl (C=O) groups excluding carboxylic acids is 2. The van der Waals surface area contributed by atoms with Crippen LogP contribution < -0.4 is 5.32 Å². The van der Waals surface area contributed by atoms with E-state index in [1.54, 1.807) is 5.32 Å². The van der Waals surface area contributed by atoms with Gasteiger partial charge in [0.25, 0.3) is 0 Å². The Morgan fingerprint density at radius 1 is 1.86 bits per heavy atom. The maximum Gasteiger partial charge on any atom is 0.328 e. The average molecular weight is 98.1 g/mol. The minimum absolute atomic E-state index is 0.158. The molecule has 36 valence electrons. The second kappa shape index (κ2) is 2.85. The lowest BCUT2D eigenvalue weighted by molar-refractivity contribution is -0.121. The van der Waals surface area contributed by atoms with E-state index in [1.165, 1.54) is 6.07 Å². The summed E-state index contributed by atoms with van der Waals surface area (Å²) < 4.78 is 0. The monoisotopic (exact) mass is 98.0 g/mol. The summed E-state index contributed by atoms with van der Waals surface area (Å²) in [6.45, 7) is 0. The number of rotatable bonds is 1. The van der Waals surface area contributed by atoms with Crippen LogP contribution in [0.2, 0.25) is 0 Å². The zero-order valence-electron chi connectivity index (χ0n) is 3.34. The summed E-state index contributed by atoms with van der Waals surface area (Å²) in [5.74, 6) is -0.935. The molecular formula is C3H2N2O2. The summed E-state index contributed by atoms with van der Waals surface area (Å²) in [6, 6.07) is 1.18. The first-order valence-corrected chi connectivity index (χ1v) is 1.45. The molecule has 0 atom stereocenters. The van der Waals surface area contributed by atoms with Crippen molar-refractivity contribution < 1.29 is 9.59 Å². The number of nitrogens with one attached hydrogen (secondary N) is 1. The molecule has 0 radical (unpaired) electrons. The molecule has 0 aliphatic carbocycles.